The molecule has 1 saturated heterocycles. The summed E-state index contributed by atoms with van der Waals surface area (Å²) in [6, 6.07) is 13.2. The van der Waals surface area contributed by atoms with Gasteiger partial charge in [-0.05, 0) is 55.0 Å². The van der Waals surface area contributed by atoms with Crippen LogP contribution in [0.5, 0.6) is 5.75 Å². The number of nitrogens with one attached hydrogen (secondary N) is 1. The summed E-state index contributed by atoms with van der Waals surface area (Å²) in [5, 5.41) is 2.80. The molecule has 1 amide bonds. The number of sulfonamides is 1. The summed E-state index contributed by atoms with van der Waals surface area (Å²) in [5.41, 5.74) is 1.04. The average Bonchev–Trinajstić information content (AvgIpc) is 2.82. The van der Waals surface area contributed by atoms with Gasteiger partial charge in [0.1, 0.15) is 5.75 Å². The third-order valence-corrected chi connectivity index (χ3v) is 7.27. The predicted molar refractivity (Wildman–Crippen MR) is 125 cm³/mol. The van der Waals surface area contributed by atoms with Gasteiger partial charge in [-0.3, -0.25) is 4.79 Å². The van der Waals surface area contributed by atoms with Gasteiger partial charge in [-0.1, -0.05) is 32.6 Å². The molecule has 0 aromatic heterocycles. The Balaban J connectivity index is 1.51. The lowest BCUT2D eigenvalue weighted by molar-refractivity contribution is 0.0730. The topological polar surface area (TPSA) is 84.9 Å². The smallest absolute Gasteiger partial charge is 0.255 e. The highest BCUT2D eigenvalue weighted by molar-refractivity contribution is 7.89. The van der Waals surface area contributed by atoms with Gasteiger partial charge in [-0.2, -0.15) is 4.31 Å². The summed E-state index contributed by atoms with van der Waals surface area (Å²) in [5.74, 6) is 0.481. The Hall–Kier alpha value is -2.42. The van der Waals surface area contributed by atoms with Crippen molar-refractivity contribution in [3.63, 3.8) is 0 Å². The molecule has 32 heavy (non-hydrogen) atoms. The maximum absolute atomic E-state index is 12.7. The molecular weight excluding hydrogens is 428 g/mol. The first-order chi connectivity index (χ1) is 15.5. The summed E-state index contributed by atoms with van der Waals surface area (Å²) in [6.07, 6.45) is 5.91. The first-order valence-electron chi connectivity index (χ1n) is 11.2. The Labute approximate surface area is 190 Å². The fourth-order valence-corrected chi connectivity index (χ4v) is 4.86. The maximum atomic E-state index is 12.7. The zero-order valence-electron chi connectivity index (χ0n) is 18.6. The number of hydrogen-bond acceptors (Lipinski definition) is 5. The first kappa shape index (κ1) is 24.2. The van der Waals surface area contributed by atoms with Crippen LogP contribution in [-0.4, -0.2) is 51.5 Å². The van der Waals surface area contributed by atoms with Crippen LogP contribution < -0.4 is 10.1 Å². The number of amides is 1. The van der Waals surface area contributed by atoms with Gasteiger partial charge in [0.15, 0.2) is 0 Å². The Morgan fingerprint density at radius 1 is 0.969 bits per heavy atom. The quantitative estimate of drug-likeness (QED) is 0.505. The van der Waals surface area contributed by atoms with E-state index in [0.29, 0.717) is 44.2 Å². The number of hydrogen-bond donors (Lipinski definition) is 1. The fourth-order valence-electron chi connectivity index (χ4n) is 3.45. The maximum Gasteiger partial charge on any atom is 0.255 e. The van der Waals surface area contributed by atoms with E-state index in [9.17, 15) is 13.2 Å². The van der Waals surface area contributed by atoms with Crippen LogP contribution in [0.3, 0.4) is 0 Å². The van der Waals surface area contributed by atoms with E-state index in [0.717, 1.165) is 12.2 Å². The van der Waals surface area contributed by atoms with E-state index in [1.807, 2.05) is 0 Å². The van der Waals surface area contributed by atoms with Crippen LogP contribution in [0.4, 0.5) is 5.69 Å². The Bertz CT molecular complexity index is 953. The number of anilines is 1. The predicted octanol–water partition coefficient (Wildman–Crippen LogP) is 4.31. The van der Waals surface area contributed by atoms with Crippen molar-refractivity contribution in [1.82, 2.24) is 4.31 Å². The third kappa shape index (κ3) is 6.79. The molecule has 174 valence electrons. The number of ether oxygens (including phenoxy) is 2. The van der Waals surface area contributed by atoms with Gasteiger partial charge in [-0.25, -0.2) is 8.42 Å². The van der Waals surface area contributed by atoms with Crippen molar-refractivity contribution in [2.75, 3.05) is 38.2 Å². The van der Waals surface area contributed by atoms with Crippen molar-refractivity contribution >= 4 is 21.6 Å². The number of carbonyl (C=O) groups is 1. The van der Waals surface area contributed by atoms with Crippen molar-refractivity contribution in [3.8, 4) is 5.75 Å². The lowest BCUT2D eigenvalue weighted by Gasteiger charge is -2.26. The van der Waals surface area contributed by atoms with Crippen LogP contribution >= 0.6 is 0 Å². The highest BCUT2D eigenvalue weighted by Crippen LogP contribution is 2.20. The molecule has 7 nitrogen and oxygen atoms in total. The molecule has 0 atom stereocenters. The van der Waals surface area contributed by atoms with E-state index in [-0.39, 0.29) is 10.8 Å². The Morgan fingerprint density at radius 3 is 2.28 bits per heavy atom. The van der Waals surface area contributed by atoms with Crippen LogP contribution in [0, 0.1) is 0 Å². The normalized spacial score (nSPS) is 14.8. The highest BCUT2D eigenvalue weighted by Gasteiger charge is 2.26. The zero-order chi connectivity index (χ0) is 22.8. The molecule has 2 aromatic rings. The SMILES string of the molecule is CCCCCCCOc1ccc(C(=O)Nc2ccc(S(=O)(=O)N3CCOCC3)cc2)cc1. The monoisotopic (exact) mass is 460 g/mol. The molecule has 2 aromatic carbocycles. The lowest BCUT2D eigenvalue weighted by Crippen LogP contribution is -2.40. The first-order valence-corrected chi connectivity index (χ1v) is 12.7. The molecule has 0 spiro atoms. The van der Waals surface area contributed by atoms with Crippen molar-refractivity contribution in [1.29, 1.82) is 0 Å². The van der Waals surface area contributed by atoms with E-state index in [1.54, 1.807) is 36.4 Å². The molecule has 0 radical (unpaired) electrons. The third-order valence-electron chi connectivity index (χ3n) is 5.35. The van der Waals surface area contributed by atoms with Crippen LogP contribution in [0.25, 0.3) is 0 Å². The highest BCUT2D eigenvalue weighted by atomic mass is 32.2. The standard InChI is InChI=1S/C24H32N2O5S/c1-2-3-4-5-6-17-31-22-11-7-20(8-12-22)24(27)25-21-9-13-23(14-10-21)32(28,29)26-15-18-30-19-16-26/h7-14H,2-6,15-19H2,1H3,(H,25,27). The van der Waals surface area contributed by atoms with Crippen LogP contribution in [0.1, 0.15) is 49.4 Å². The summed E-state index contributed by atoms with van der Waals surface area (Å²) < 4.78 is 37.7. The molecule has 0 bridgehead atoms. The molecule has 1 N–H and O–H groups in total. The van der Waals surface area contributed by atoms with Crippen molar-refractivity contribution in [2.45, 2.75) is 43.9 Å². The Morgan fingerprint density at radius 2 is 1.62 bits per heavy atom. The molecule has 1 aliphatic heterocycles. The van der Waals surface area contributed by atoms with Gasteiger partial charge in [0.2, 0.25) is 10.0 Å². The van der Waals surface area contributed by atoms with Gasteiger partial charge < -0.3 is 14.8 Å². The molecule has 1 heterocycles. The minimum atomic E-state index is -3.55. The molecule has 0 unspecified atom stereocenters. The molecule has 3 rings (SSSR count). The summed E-state index contributed by atoms with van der Waals surface area (Å²) in [4.78, 5) is 12.7. The van der Waals surface area contributed by atoms with E-state index in [1.165, 1.54) is 42.1 Å². The number of benzene rings is 2. The molecule has 0 aliphatic carbocycles. The number of morpholine rings is 1. The molecular formula is C24H32N2O5S. The van der Waals surface area contributed by atoms with Crippen LogP contribution in [-0.2, 0) is 14.8 Å². The van der Waals surface area contributed by atoms with Crippen LogP contribution in [0.2, 0.25) is 0 Å². The number of nitrogens with zero attached hydrogens (tertiary/aromatic N) is 1. The summed E-state index contributed by atoms with van der Waals surface area (Å²) >= 11 is 0. The van der Waals surface area contributed by atoms with Crippen molar-refractivity contribution in [2.24, 2.45) is 0 Å². The molecule has 8 heteroatoms. The zero-order valence-corrected chi connectivity index (χ0v) is 19.4. The Kier molecular flexibility index (Phi) is 9.08. The number of carbonyl (C=O) groups excluding carboxylic acids is 1. The van der Waals surface area contributed by atoms with Gasteiger partial charge >= 0.3 is 0 Å². The van der Waals surface area contributed by atoms with E-state index in [4.69, 9.17) is 9.47 Å². The van der Waals surface area contributed by atoms with Crippen molar-refractivity contribution < 1.29 is 22.7 Å². The second-order valence-corrected chi connectivity index (χ2v) is 9.72. The van der Waals surface area contributed by atoms with Crippen molar-refractivity contribution in [3.05, 3.63) is 54.1 Å². The average molecular weight is 461 g/mol. The van der Waals surface area contributed by atoms with Crippen LogP contribution in [0.15, 0.2) is 53.4 Å². The van der Waals surface area contributed by atoms with E-state index in [2.05, 4.69) is 12.2 Å². The van der Waals surface area contributed by atoms with Gasteiger partial charge in [-0.15, -0.1) is 0 Å². The minimum absolute atomic E-state index is 0.202. The number of unbranched alkanes of at least 4 members (excludes halogenated alkanes) is 4. The van der Waals surface area contributed by atoms with Gasteiger partial charge in [0.05, 0.1) is 24.7 Å². The summed E-state index contributed by atoms with van der Waals surface area (Å²) in [6.45, 7) is 4.36. The molecule has 0 saturated carbocycles. The van der Waals surface area contributed by atoms with Gasteiger partial charge in [0, 0.05) is 24.3 Å². The number of rotatable bonds is 11. The summed E-state index contributed by atoms with van der Waals surface area (Å²) in [7, 11) is -3.55. The lowest BCUT2D eigenvalue weighted by atomic mass is 10.1. The fraction of sp³-hybridized carbons (Fsp3) is 0.458. The largest absolute Gasteiger partial charge is 0.494 e. The minimum Gasteiger partial charge on any atom is -0.494 e. The van der Waals surface area contributed by atoms with E-state index < -0.39 is 10.0 Å². The molecule has 1 fully saturated rings. The second-order valence-electron chi connectivity index (χ2n) is 7.78. The second kappa shape index (κ2) is 12.0. The van der Waals surface area contributed by atoms with Gasteiger partial charge in [0.25, 0.3) is 5.91 Å². The molecule has 1 aliphatic rings. The van der Waals surface area contributed by atoms with E-state index >= 15 is 0 Å².